The molecular weight excluding hydrogens is 614 g/mol. The average Bonchev–Trinajstić information content (AvgIpc) is 3.47. The number of hydrogen-bond acceptors (Lipinski definition) is 1. The standard InChI is InChI=1S/C47H32ClN/c48-38-29-35(30-41(32-38)49(39-20-9-3-10-21-39)40-22-11-4-12-23-40)34-25-27-43-45(31-34)47(36-16-5-1-6-17-36,37-18-7-2-8-19-37)44-28-26-33-15-13-14-24-42(33)46(43)44/h1-32H. The van der Waals surface area contributed by atoms with Crippen LogP contribution in [0.3, 0.4) is 0 Å². The fourth-order valence-corrected chi connectivity index (χ4v) is 8.14. The Morgan fingerprint density at radius 2 is 0.980 bits per heavy atom. The van der Waals surface area contributed by atoms with Crippen LogP contribution in [-0.2, 0) is 5.41 Å². The van der Waals surface area contributed by atoms with Crippen molar-refractivity contribution >= 4 is 39.4 Å². The number of anilines is 3. The van der Waals surface area contributed by atoms with Crippen LogP contribution >= 0.6 is 11.6 Å². The second-order valence-corrected chi connectivity index (χ2v) is 13.1. The third-order valence-corrected chi connectivity index (χ3v) is 10.2. The van der Waals surface area contributed by atoms with Crippen LogP contribution in [0.1, 0.15) is 22.3 Å². The number of halogens is 1. The van der Waals surface area contributed by atoms with E-state index in [1.807, 2.05) is 12.1 Å². The van der Waals surface area contributed by atoms with Crippen molar-refractivity contribution in [1.29, 1.82) is 0 Å². The van der Waals surface area contributed by atoms with E-state index in [0.29, 0.717) is 5.02 Å². The van der Waals surface area contributed by atoms with E-state index >= 15 is 0 Å². The summed E-state index contributed by atoms with van der Waals surface area (Å²) in [6.07, 6.45) is 0. The van der Waals surface area contributed by atoms with E-state index in [0.717, 1.165) is 28.2 Å². The van der Waals surface area contributed by atoms with Crippen molar-refractivity contribution in [3.63, 3.8) is 0 Å². The highest BCUT2D eigenvalue weighted by Crippen LogP contribution is 2.58. The molecule has 0 amide bonds. The van der Waals surface area contributed by atoms with E-state index in [9.17, 15) is 0 Å². The summed E-state index contributed by atoms with van der Waals surface area (Å²) in [5.74, 6) is 0. The highest BCUT2D eigenvalue weighted by Gasteiger charge is 2.46. The molecule has 232 valence electrons. The molecule has 2 heteroatoms. The molecule has 1 aliphatic carbocycles. The van der Waals surface area contributed by atoms with Crippen molar-refractivity contribution in [2.24, 2.45) is 0 Å². The fourth-order valence-electron chi connectivity index (χ4n) is 7.91. The molecule has 8 aromatic carbocycles. The number of hydrogen-bond donors (Lipinski definition) is 0. The third kappa shape index (κ3) is 4.78. The summed E-state index contributed by atoms with van der Waals surface area (Å²) >= 11 is 7.00. The highest BCUT2D eigenvalue weighted by atomic mass is 35.5. The average molecular weight is 646 g/mol. The quantitative estimate of drug-likeness (QED) is 0.174. The first-order valence-electron chi connectivity index (χ1n) is 16.7. The van der Waals surface area contributed by atoms with Crippen LogP contribution in [0.25, 0.3) is 33.0 Å². The molecular formula is C47H32ClN. The normalized spacial score (nSPS) is 12.8. The number of fused-ring (bicyclic) bond motifs is 5. The molecule has 0 saturated heterocycles. The summed E-state index contributed by atoms with van der Waals surface area (Å²) in [6, 6.07) is 69.7. The lowest BCUT2D eigenvalue weighted by atomic mass is 9.67. The molecule has 49 heavy (non-hydrogen) atoms. The maximum absolute atomic E-state index is 7.00. The molecule has 0 fully saturated rings. The van der Waals surface area contributed by atoms with E-state index in [1.54, 1.807) is 0 Å². The Kier molecular flexibility index (Phi) is 7.15. The van der Waals surface area contributed by atoms with Crippen molar-refractivity contribution in [1.82, 2.24) is 0 Å². The van der Waals surface area contributed by atoms with E-state index < -0.39 is 5.41 Å². The molecule has 0 spiro atoms. The SMILES string of the molecule is Clc1cc(-c2ccc3c(c2)C(c2ccccc2)(c2ccccc2)c2ccc4ccccc4c2-3)cc(N(c2ccccc2)c2ccccc2)c1. The number of para-hydroxylation sites is 2. The lowest BCUT2D eigenvalue weighted by molar-refractivity contribution is 0.769. The maximum atomic E-state index is 7.00. The van der Waals surface area contributed by atoms with Crippen LogP contribution in [0.5, 0.6) is 0 Å². The lowest BCUT2D eigenvalue weighted by Crippen LogP contribution is -2.28. The van der Waals surface area contributed by atoms with Crippen LogP contribution in [0, 0.1) is 0 Å². The Morgan fingerprint density at radius 1 is 0.408 bits per heavy atom. The lowest BCUT2D eigenvalue weighted by Gasteiger charge is -2.34. The monoisotopic (exact) mass is 645 g/mol. The van der Waals surface area contributed by atoms with Gasteiger partial charge >= 0.3 is 0 Å². The summed E-state index contributed by atoms with van der Waals surface area (Å²) in [6.45, 7) is 0. The first-order valence-corrected chi connectivity index (χ1v) is 17.1. The van der Waals surface area contributed by atoms with Crippen LogP contribution in [-0.4, -0.2) is 0 Å². The number of rotatable bonds is 6. The first kappa shape index (κ1) is 29.3. The number of nitrogens with zero attached hydrogens (tertiary/aromatic N) is 1. The van der Waals surface area contributed by atoms with Gasteiger partial charge < -0.3 is 4.90 Å². The van der Waals surface area contributed by atoms with Gasteiger partial charge in [0.25, 0.3) is 0 Å². The predicted molar refractivity (Wildman–Crippen MR) is 206 cm³/mol. The predicted octanol–water partition coefficient (Wildman–Crippen LogP) is 13.0. The van der Waals surface area contributed by atoms with Gasteiger partial charge in [0, 0.05) is 22.1 Å². The summed E-state index contributed by atoms with van der Waals surface area (Å²) in [4.78, 5) is 2.27. The molecule has 8 aromatic rings. The zero-order chi connectivity index (χ0) is 32.8. The zero-order valence-corrected chi connectivity index (χ0v) is 27.6. The Hall–Kier alpha value is -5.89. The largest absolute Gasteiger partial charge is 0.310 e. The minimum absolute atomic E-state index is 0.505. The minimum Gasteiger partial charge on any atom is -0.310 e. The van der Waals surface area contributed by atoms with Crippen LogP contribution < -0.4 is 4.90 Å². The molecule has 0 N–H and O–H groups in total. The molecule has 0 bridgehead atoms. The van der Waals surface area contributed by atoms with Gasteiger partial charge in [-0.15, -0.1) is 0 Å². The topological polar surface area (TPSA) is 3.24 Å². The second-order valence-electron chi connectivity index (χ2n) is 12.7. The van der Waals surface area contributed by atoms with Gasteiger partial charge in [-0.05, 0) is 104 Å². The van der Waals surface area contributed by atoms with Crippen molar-refractivity contribution in [2.75, 3.05) is 4.90 Å². The van der Waals surface area contributed by atoms with Crippen molar-refractivity contribution in [2.45, 2.75) is 5.41 Å². The van der Waals surface area contributed by atoms with Gasteiger partial charge in [0.05, 0.1) is 5.41 Å². The van der Waals surface area contributed by atoms with Crippen molar-refractivity contribution in [3.8, 4) is 22.3 Å². The smallest absolute Gasteiger partial charge is 0.0714 e. The van der Waals surface area contributed by atoms with Gasteiger partial charge in [0.2, 0.25) is 0 Å². The van der Waals surface area contributed by atoms with Gasteiger partial charge in [-0.2, -0.15) is 0 Å². The molecule has 0 radical (unpaired) electrons. The molecule has 0 atom stereocenters. The molecule has 1 nitrogen and oxygen atoms in total. The Bertz CT molecular complexity index is 2360. The molecule has 0 heterocycles. The van der Waals surface area contributed by atoms with Gasteiger partial charge in [0.15, 0.2) is 0 Å². The van der Waals surface area contributed by atoms with Crippen LogP contribution in [0.15, 0.2) is 194 Å². The van der Waals surface area contributed by atoms with Crippen molar-refractivity contribution in [3.05, 3.63) is 221 Å². The first-order chi connectivity index (χ1) is 24.2. The van der Waals surface area contributed by atoms with Gasteiger partial charge in [0.1, 0.15) is 0 Å². The second kappa shape index (κ2) is 12.0. The highest BCUT2D eigenvalue weighted by molar-refractivity contribution is 6.31. The van der Waals surface area contributed by atoms with Crippen molar-refractivity contribution < 1.29 is 0 Å². The van der Waals surface area contributed by atoms with E-state index in [1.165, 1.54) is 44.2 Å². The Labute approximate surface area is 292 Å². The summed E-state index contributed by atoms with van der Waals surface area (Å²) < 4.78 is 0. The molecule has 0 aliphatic heterocycles. The van der Waals surface area contributed by atoms with Crippen LogP contribution in [0.4, 0.5) is 17.1 Å². The molecule has 1 aliphatic rings. The summed E-state index contributed by atoms with van der Waals surface area (Å²) in [5.41, 5.74) is 12.5. The van der Waals surface area contributed by atoms with E-state index in [2.05, 4.69) is 187 Å². The molecule has 0 saturated carbocycles. The Morgan fingerprint density at radius 3 is 1.61 bits per heavy atom. The molecule has 9 rings (SSSR count). The van der Waals surface area contributed by atoms with E-state index in [-0.39, 0.29) is 0 Å². The number of benzene rings is 8. The third-order valence-electron chi connectivity index (χ3n) is 9.94. The van der Waals surface area contributed by atoms with Crippen LogP contribution in [0.2, 0.25) is 5.02 Å². The van der Waals surface area contributed by atoms with Gasteiger partial charge in [-0.3, -0.25) is 0 Å². The molecule has 0 unspecified atom stereocenters. The maximum Gasteiger partial charge on any atom is 0.0714 e. The van der Waals surface area contributed by atoms with Gasteiger partial charge in [-0.1, -0.05) is 157 Å². The zero-order valence-electron chi connectivity index (χ0n) is 26.8. The molecule has 0 aromatic heterocycles. The fraction of sp³-hybridized carbons (Fsp3) is 0.0213. The Balaban J connectivity index is 1.31. The van der Waals surface area contributed by atoms with Gasteiger partial charge in [-0.25, -0.2) is 0 Å². The van der Waals surface area contributed by atoms with E-state index in [4.69, 9.17) is 11.6 Å². The summed E-state index contributed by atoms with van der Waals surface area (Å²) in [5, 5.41) is 3.21. The summed E-state index contributed by atoms with van der Waals surface area (Å²) in [7, 11) is 0. The minimum atomic E-state index is -0.505.